The first kappa shape index (κ1) is 20.1. The van der Waals surface area contributed by atoms with Crippen LogP contribution in [0.15, 0.2) is 53.2 Å². The molecule has 1 atom stereocenters. The number of nitrogens with zero attached hydrogens (tertiary/aromatic N) is 3. The SMILES string of the molecule is CCn1c(C(O)(c2ccccc2)c2ccsc2)nc2nc(OC)c(C3NNNN3)cc21. The number of methoxy groups -OCH3 is 1. The smallest absolute Gasteiger partial charge is 0.221 e. The number of fused-ring (bicyclic) bond motifs is 1. The van der Waals surface area contributed by atoms with E-state index in [2.05, 4.69) is 26.9 Å². The summed E-state index contributed by atoms with van der Waals surface area (Å²) in [7, 11) is 1.58. The summed E-state index contributed by atoms with van der Waals surface area (Å²) in [5.74, 6) is 0.971. The molecule has 9 nitrogen and oxygen atoms in total. The maximum atomic E-state index is 12.2. The molecule has 0 bridgehead atoms. The number of ether oxygens (including phenoxy) is 1. The highest BCUT2D eigenvalue weighted by atomic mass is 32.1. The first-order valence-electron chi connectivity index (χ1n) is 9.94. The fraction of sp³-hybridized carbons (Fsp3) is 0.238. The number of aromatic nitrogens is 3. The number of hydrogen-bond acceptors (Lipinski definition) is 9. The van der Waals surface area contributed by atoms with Crippen LogP contribution in [-0.4, -0.2) is 26.8 Å². The lowest BCUT2D eigenvalue weighted by atomic mass is 9.87. The van der Waals surface area contributed by atoms with Crippen molar-refractivity contribution in [3.05, 3.63) is 75.7 Å². The maximum absolute atomic E-state index is 12.2. The molecule has 1 aliphatic heterocycles. The molecule has 0 spiro atoms. The summed E-state index contributed by atoms with van der Waals surface area (Å²) in [4.78, 5) is 9.48. The van der Waals surface area contributed by atoms with E-state index in [0.29, 0.717) is 23.9 Å². The fourth-order valence-electron chi connectivity index (χ4n) is 4.00. The Morgan fingerprint density at radius 3 is 2.55 bits per heavy atom. The van der Waals surface area contributed by atoms with Crippen molar-refractivity contribution in [2.24, 2.45) is 0 Å². The minimum atomic E-state index is -1.42. The number of thiophene rings is 1. The van der Waals surface area contributed by atoms with Gasteiger partial charge in [0.25, 0.3) is 0 Å². The normalized spacial score (nSPS) is 16.6. The monoisotopic (exact) mass is 437 g/mol. The van der Waals surface area contributed by atoms with Crippen LogP contribution in [0.5, 0.6) is 5.88 Å². The van der Waals surface area contributed by atoms with E-state index >= 15 is 0 Å². The Bertz CT molecular complexity index is 1190. The number of benzene rings is 1. The van der Waals surface area contributed by atoms with Crippen molar-refractivity contribution in [1.82, 2.24) is 36.5 Å². The van der Waals surface area contributed by atoms with Gasteiger partial charge in [-0.2, -0.15) is 27.4 Å². The third-order valence-electron chi connectivity index (χ3n) is 5.50. The van der Waals surface area contributed by atoms with E-state index in [1.807, 2.05) is 64.7 Å². The van der Waals surface area contributed by atoms with Crippen molar-refractivity contribution >= 4 is 22.5 Å². The first-order chi connectivity index (χ1) is 15.2. The Labute approximate surface area is 183 Å². The van der Waals surface area contributed by atoms with E-state index in [0.717, 1.165) is 22.2 Å². The Kier molecular flexibility index (Phi) is 5.18. The summed E-state index contributed by atoms with van der Waals surface area (Å²) < 4.78 is 7.54. The molecular formula is C21H23N7O2S. The van der Waals surface area contributed by atoms with Crippen molar-refractivity contribution < 1.29 is 9.84 Å². The molecule has 10 heteroatoms. The summed E-state index contributed by atoms with van der Waals surface area (Å²) in [6, 6.07) is 13.5. The fourth-order valence-corrected chi connectivity index (χ4v) is 4.70. The van der Waals surface area contributed by atoms with Crippen LogP contribution in [0.25, 0.3) is 11.2 Å². The zero-order valence-corrected chi connectivity index (χ0v) is 17.9. The predicted octanol–water partition coefficient (Wildman–Crippen LogP) is 1.92. The van der Waals surface area contributed by atoms with Gasteiger partial charge in [-0.3, -0.25) is 0 Å². The standard InChI is InChI=1S/C21H23N7O2S/c1-3-28-16-11-15(17-24-26-27-25-17)19(30-2)22-18(16)23-20(28)21(29,14-9-10-31-12-14)13-7-5-4-6-8-13/h4-12,17,24-27,29H,3H2,1-2H3. The third-order valence-corrected chi connectivity index (χ3v) is 6.19. The van der Waals surface area contributed by atoms with Crippen molar-refractivity contribution in [3.8, 4) is 5.88 Å². The number of hydrogen-bond donors (Lipinski definition) is 5. The molecule has 0 radical (unpaired) electrons. The van der Waals surface area contributed by atoms with Gasteiger partial charge in [0, 0.05) is 12.1 Å². The number of nitrogens with one attached hydrogen (secondary N) is 4. The van der Waals surface area contributed by atoms with Gasteiger partial charge in [-0.05, 0) is 35.4 Å². The predicted molar refractivity (Wildman–Crippen MR) is 118 cm³/mol. The van der Waals surface area contributed by atoms with Crippen LogP contribution in [0, 0.1) is 0 Å². The van der Waals surface area contributed by atoms with Crippen LogP contribution in [0.4, 0.5) is 0 Å². The Hall–Kier alpha value is -2.86. The number of aryl methyl sites for hydroxylation is 1. The Morgan fingerprint density at radius 1 is 1.13 bits per heavy atom. The summed E-state index contributed by atoms with van der Waals surface area (Å²) >= 11 is 1.54. The topological polar surface area (TPSA) is 108 Å². The van der Waals surface area contributed by atoms with E-state index in [-0.39, 0.29) is 6.17 Å². The van der Waals surface area contributed by atoms with Crippen molar-refractivity contribution in [2.45, 2.75) is 25.2 Å². The molecule has 1 fully saturated rings. The van der Waals surface area contributed by atoms with Crippen molar-refractivity contribution in [1.29, 1.82) is 0 Å². The lowest BCUT2D eigenvalue weighted by Gasteiger charge is -2.28. The van der Waals surface area contributed by atoms with Crippen LogP contribution in [-0.2, 0) is 12.1 Å². The second-order valence-corrected chi connectivity index (χ2v) is 7.95. The van der Waals surface area contributed by atoms with Gasteiger partial charge in [0.2, 0.25) is 5.88 Å². The van der Waals surface area contributed by atoms with Gasteiger partial charge in [-0.1, -0.05) is 30.3 Å². The van der Waals surface area contributed by atoms with E-state index < -0.39 is 5.60 Å². The van der Waals surface area contributed by atoms with Crippen LogP contribution in [0.1, 0.15) is 35.6 Å². The lowest BCUT2D eigenvalue weighted by Crippen LogP contribution is -2.33. The molecule has 5 N–H and O–H groups in total. The molecule has 31 heavy (non-hydrogen) atoms. The van der Waals surface area contributed by atoms with Gasteiger partial charge in [-0.15, -0.1) is 0 Å². The van der Waals surface area contributed by atoms with Crippen LogP contribution >= 0.6 is 11.3 Å². The summed E-state index contributed by atoms with van der Waals surface area (Å²) in [6.07, 6.45) is -0.250. The molecule has 160 valence electrons. The summed E-state index contributed by atoms with van der Waals surface area (Å²) in [6.45, 7) is 2.64. The van der Waals surface area contributed by atoms with Crippen molar-refractivity contribution in [2.75, 3.05) is 7.11 Å². The minimum absolute atomic E-state index is 0.250. The molecule has 0 saturated carbocycles. The van der Waals surface area contributed by atoms with Gasteiger partial charge in [0.15, 0.2) is 17.1 Å². The summed E-state index contributed by atoms with van der Waals surface area (Å²) in [5.41, 5.74) is 14.0. The number of imidazole rings is 1. The van der Waals surface area contributed by atoms with Crippen LogP contribution < -0.4 is 26.7 Å². The molecular weight excluding hydrogens is 414 g/mol. The lowest BCUT2D eigenvalue weighted by molar-refractivity contribution is 0.112. The number of hydrazine groups is 3. The second-order valence-electron chi connectivity index (χ2n) is 7.17. The Morgan fingerprint density at radius 2 is 1.90 bits per heavy atom. The molecule has 1 aromatic carbocycles. The van der Waals surface area contributed by atoms with Crippen LogP contribution in [0.3, 0.4) is 0 Å². The summed E-state index contributed by atoms with van der Waals surface area (Å²) in [5, 5.41) is 16.1. The van der Waals surface area contributed by atoms with Gasteiger partial charge < -0.3 is 14.4 Å². The Balaban J connectivity index is 1.77. The maximum Gasteiger partial charge on any atom is 0.221 e. The average molecular weight is 438 g/mol. The van der Waals surface area contributed by atoms with Gasteiger partial charge >= 0.3 is 0 Å². The largest absolute Gasteiger partial charge is 0.481 e. The zero-order valence-electron chi connectivity index (χ0n) is 17.1. The molecule has 4 heterocycles. The molecule has 4 aromatic rings. The van der Waals surface area contributed by atoms with E-state index in [9.17, 15) is 5.11 Å². The van der Waals surface area contributed by atoms with E-state index in [1.165, 1.54) is 11.3 Å². The molecule has 5 rings (SSSR count). The van der Waals surface area contributed by atoms with Gasteiger partial charge in [-0.25, -0.2) is 15.8 Å². The van der Waals surface area contributed by atoms with E-state index in [1.54, 1.807) is 7.11 Å². The highest BCUT2D eigenvalue weighted by molar-refractivity contribution is 7.08. The van der Waals surface area contributed by atoms with Crippen LogP contribution in [0.2, 0.25) is 0 Å². The van der Waals surface area contributed by atoms with Crippen molar-refractivity contribution in [3.63, 3.8) is 0 Å². The molecule has 1 aliphatic rings. The number of aliphatic hydroxyl groups is 1. The minimum Gasteiger partial charge on any atom is -0.481 e. The molecule has 0 aliphatic carbocycles. The van der Waals surface area contributed by atoms with Gasteiger partial charge in [0.05, 0.1) is 18.2 Å². The third kappa shape index (κ3) is 3.21. The molecule has 0 amide bonds. The first-order valence-corrected chi connectivity index (χ1v) is 10.9. The molecule has 1 saturated heterocycles. The van der Waals surface area contributed by atoms with Gasteiger partial charge in [0.1, 0.15) is 6.17 Å². The zero-order chi connectivity index (χ0) is 21.4. The highest BCUT2D eigenvalue weighted by Gasteiger charge is 2.39. The molecule has 3 aromatic heterocycles. The average Bonchev–Trinajstić information content (AvgIpc) is 3.58. The second kappa shape index (κ2) is 8.00. The number of pyridine rings is 1. The number of rotatable bonds is 6. The molecule has 1 unspecified atom stereocenters. The van der Waals surface area contributed by atoms with E-state index in [4.69, 9.17) is 9.72 Å². The quantitative estimate of drug-likeness (QED) is 0.311. The highest BCUT2D eigenvalue weighted by Crippen LogP contribution is 2.39.